The maximum atomic E-state index is 11.8. The molecule has 2 aromatic heterocycles. The van der Waals surface area contributed by atoms with Gasteiger partial charge in [0.15, 0.2) is 0 Å². The first-order chi connectivity index (χ1) is 10.6. The number of aromatic nitrogens is 1. The normalized spacial score (nSPS) is 11.3. The van der Waals surface area contributed by atoms with Gasteiger partial charge in [0.25, 0.3) is 17.7 Å². The topological polar surface area (TPSA) is 100 Å². The molecular weight excluding hydrogens is 304 g/mol. The molecule has 3 amide bonds. The molecule has 0 saturated carbocycles. The number of nitrogens with one attached hydrogen (secondary N) is 3. The van der Waals surface area contributed by atoms with Crippen LogP contribution in [0.4, 0.5) is 0 Å². The third-order valence-electron chi connectivity index (χ3n) is 2.71. The van der Waals surface area contributed by atoms with Crippen molar-refractivity contribution in [2.24, 2.45) is 0 Å². The van der Waals surface area contributed by atoms with Gasteiger partial charge in [-0.05, 0) is 30.5 Å². The van der Waals surface area contributed by atoms with Crippen molar-refractivity contribution in [2.45, 2.75) is 13.0 Å². The summed E-state index contributed by atoms with van der Waals surface area (Å²) in [7, 11) is 0. The predicted octanol–water partition coefficient (Wildman–Crippen LogP) is 0.723. The van der Waals surface area contributed by atoms with Crippen molar-refractivity contribution in [3.05, 3.63) is 52.5 Å². The highest BCUT2D eigenvalue weighted by Crippen LogP contribution is 2.08. The first-order valence-corrected chi connectivity index (χ1v) is 7.30. The number of rotatable bonds is 4. The number of pyridine rings is 1. The molecule has 3 N–H and O–H groups in total. The second-order valence-corrected chi connectivity index (χ2v) is 5.31. The van der Waals surface area contributed by atoms with Crippen LogP contribution in [0, 0.1) is 0 Å². The molecule has 1 atom stereocenters. The van der Waals surface area contributed by atoms with Crippen LogP contribution in [0.25, 0.3) is 0 Å². The fourth-order valence-corrected chi connectivity index (χ4v) is 2.16. The Hall–Kier alpha value is -2.74. The molecular formula is C14H14N4O3S. The van der Waals surface area contributed by atoms with Gasteiger partial charge in [-0.3, -0.25) is 30.2 Å². The standard InChI is InChI=1S/C14H14N4O3S/c1-9(16-14(21)11-5-3-7-22-11)12(19)17-18-13(20)10-4-2-6-15-8-10/h2-9H,1H3,(H,16,21)(H,17,19)(H,18,20). The summed E-state index contributed by atoms with van der Waals surface area (Å²) in [4.78, 5) is 39.7. The van der Waals surface area contributed by atoms with Crippen molar-refractivity contribution in [3.63, 3.8) is 0 Å². The highest BCUT2D eigenvalue weighted by molar-refractivity contribution is 7.12. The van der Waals surface area contributed by atoms with E-state index in [9.17, 15) is 14.4 Å². The molecule has 114 valence electrons. The fraction of sp³-hybridized carbons (Fsp3) is 0.143. The number of hydrogen-bond acceptors (Lipinski definition) is 5. The summed E-state index contributed by atoms with van der Waals surface area (Å²) in [5, 5.41) is 4.31. The van der Waals surface area contributed by atoms with Gasteiger partial charge >= 0.3 is 0 Å². The Labute approximate surface area is 130 Å². The van der Waals surface area contributed by atoms with Gasteiger partial charge in [0.1, 0.15) is 6.04 Å². The van der Waals surface area contributed by atoms with Gasteiger partial charge in [0.2, 0.25) is 0 Å². The van der Waals surface area contributed by atoms with Gasteiger partial charge in [0.05, 0.1) is 10.4 Å². The molecule has 2 aromatic rings. The molecule has 0 fully saturated rings. The Balaban J connectivity index is 1.82. The summed E-state index contributed by atoms with van der Waals surface area (Å²) in [6.07, 6.45) is 2.92. The van der Waals surface area contributed by atoms with Crippen LogP contribution in [0.15, 0.2) is 42.0 Å². The lowest BCUT2D eigenvalue weighted by Crippen LogP contribution is -2.51. The average Bonchev–Trinajstić information content (AvgIpc) is 3.07. The number of hydrogen-bond donors (Lipinski definition) is 3. The maximum Gasteiger partial charge on any atom is 0.271 e. The van der Waals surface area contributed by atoms with Crippen molar-refractivity contribution < 1.29 is 14.4 Å². The summed E-state index contributed by atoms with van der Waals surface area (Å²) in [6, 6.07) is 5.80. The van der Waals surface area contributed by atoms with Gasteiger partial charge in [-0.15, -0.1) is 11.3 Å². The number of amides is 3. The lowest BCUT2D eigenvalue weighted by Gasteiger charge is -2.14. The fourth-order valence-electron chi connectivity index (χ4n) is 1.54. The van der Waals surface area contributed by atoms with Crippen LogP contribution in [-0.4, -0.2) is 28.7 Å². The summed E-state index contributed by atoms with van der Waals surface area (Å²) < 4.78 is 0. The predicted molar refractivity (Wildman–Crippen MR) is 81.1 cm³/mol. The molecule has 0 saturated heterocycles. The number of carbonyl (C=O) groups excluding carboxylic acids is 3. The van der Waals surface area contributed by atoms with Crippen LogP contribution in [0.3, 0.4) is 0 Å². The maximum absolute atomic E-state index is 11.8. The Morgan fingerprint density at radius 2 is 1.95 bits per heavy atom. The highest BCUT2D eigenvalue weighted by Gasteiger charge is 2.17. The molecule has 0 radical (unpaired) electrons. The Bertz CT molecular complexity index is 658. The van der Waals surface area contributed by atoms with Gasteiger partial charge in [-0.1, -0.05) is 6.07 Å². The molecule has 2 heterocycles. The van der Waals surface area contributed by atoms with Crippen LogP contribution in [-0.2, 0) is 4.79 Å². The molecule has 0 aliphatic rings. The van der Waals surface area contributed by atoms with Crippen molar-refractivity contribution in [1.29, 1.82) is 0 Å². The molecule has 0 aliphatic carbocycles. The monoisotopic (exact) mass is 318 g/mol. The van der Waals surface area contributed by atoms with Crippen LogP contribution in [0.2, 0.25) is 0 Å². The molecule has 0 aliphatic heterocycles. The second-order valence-electron chi connectivity index (χ2n) is 4.36. The average molecular weight is 318 g/mol. The van der Waals surface area contributed by atoms with Crippen LogP contribution >= 0.6 is 11.3 Å². The van der Waals surface area contributed by atoms with Crippen molar-refractivity contribution in [1.82, 2.24) is 21.2 Å². The minimum Gasteiger partial charge on any atom is -0.340 e. The van der Waals surface area contributed by atoms with E-state index in [1.165, 1.54) is 30.7 Å². The molecule has 0 spiro atoms. The van der Waals surface area contributed by atoms with E-state index in [2.05, 4.69) is 21.2 Å². The number of hydrazine groups is 1. The van der Waals surface area contributed by atoms with Crippen molar-refractivity contribution in [3.8, 4) is 0 Å². The van der Waals surface area contributed by atoms with E-state index in [4.69, 9.17) is 0 Å². The Morgan fingerprint density at radius 1 is 1.14 bits per heavy atom. The van der Waals surface area contributed by atoms with E-state index in [1.807, 2.05) is 0 Å². The molecule has 2 rings (SSSR count). The van der Waals surface area contributed by atoms with Gasteiger partial charge < -0.3 is 5.32 Å². The van der Waals surface area contributed by atoms with Crippen LogP contribution in [0.5, 0.6) is 0 Å². The van der Waals surface area contributed by atoms with E-state index in [-0.39, 0.29) is 5.91 Å². The van der Waals surface area contributed by atoms with E-state index in [1.54, 1.807) is 29.6 Å². The third kappa shape index (κ3) is 4.13. The first kappa shape index (κ1) is 15.6. The summed E-state index contributed by atoms with van der Waals surface area (Å²) in [6.45, 7) is 1.52. The lowest BCUT2D eigenvalue weighted by atomic mass is 10.3. The molecule has 1 unspecified atom stereocenters. The smallest absolute Gasteiger partial charge is 0.271 e. The molecule has 8 heteroatoms. The van der Waals surface area contributed by atoms with E-state index in [0.717, 1.165) is 0 Å². The summed E-state index contributed by atoms with van der Waals surface area (Å²) >= 11 is 1.28. The molecule has 7 nitrogen and oxygen atoms in total. The highest BCUT2D eigenvalue weighted by atomic mass is 32.1. The summed E-state index contributed by atoms with van der Waals surface area (Å²) in [5.74, 6) is -1.35. The van der Waals surface area contributed by atoms with Gasteiger partial charge in [-0.2, -0.15) is 0 Å². The third-order valence-corrected chi connectivity index (χ3v) is 3.58. The number of carbonyl (C=O) groups is 3. The quantitative estimate of drug-likeness (QED) is 0.723. The zero-order valence-corrected chi connectivity index (χ0v) is 12.5. The SMILES string of the molecule is CC(NC(=O)c1cccs1)C(=O)NNC(=O)c1cccnc1. The number of thiophene rings is 1. The lowest BCUT2D eigenvalue weighted by molar-refractivity contribution is -0.123. The van der Waals surface area contributed by atoms with E-state index < -0.39 is 17.9 Å². The first-order valence-electron chi connectivity index (χ1n) is 6.42. The Morgan fingerprint density at radius 3 is 2.59 bits per heavy atom. The molecule has 0 aromatic carbocycles. The van der Waals surface area contributed by atoms with Crippen molar-refractivity contribution in [2.75, 3.05) is 0 Å². The van der Waals surface area contributed by atoms with Gasteiger partial charge in [0, 0.05) is 12.4 Å². The Kier molecular flexibility index (Phi) is 5.21. The van der Waals surface area contributed by atoms with E-state index >= 15 is 0 Å². The summed E-state index contributed by atoms with van der Waals surface area (Å²) in [5.41, 5.74) is 4.83. The zero-order valence-electron chi connectivity index (χ0n) is 11.7. The molecule has 22 heavy (non-hydrogen) atoms. The minimum atomic E-state index is -0.788. The van der Waals surface area contributed by atoms with Crippen molar-refractivity contribution >= 4 is 29.1 Å². The molecule has 0 bridgehead atoms. The number of nitrogens with zero attached hydrogens (tertiary/aromatic N) is 1. The van der Waals surface area contributed by atoms with E-state index in [0.29, 0.717) is 10.4 Å². The van der Waals surface area contributed by atoms with Crippen LogP contribution < -0.4 is 16.2 Å². The minimum absolute atomic E-state index is 0.318. The largest absolute Gasteiger partial charge is 0.340 e. The van der Waals surface area contributed by atoms with Gasteiger partial charge in [-0.25, -0.2) is 0 Å². The van der Waals surface area contributed by atoms with Crippen LogP contribution in [0.1, 0.15) is 27.0 Å². The zero-order chi connectivity index (χ0) is 15.9. The second kappa shape index (κ2) is 7.32.